The van der Waals surface area contributed by atoms with Gasteiger partial charge in [-0.25, -0.2) is 0 Å². The van der Waals surface area contributed by atoms with E-state index in [0.29, 0.717) is 12.5 Å². The topological polar surface area (TPSA) is 111 Å². The summed E-state index contributed by atoms with van der Waals surface area (Å²) in [6, 6.07) is 0.131. The minimum absolute atomic E-state index is 0.00556. The minimum atomic E-state index is -0.565. The van der Waals surface area contributed by atoms with Gasteiger partial charge in [0.15, 0.2) is 0 Å². The summed E-state index contributed by atoms with van der Waals surface area (Å²) in [7, 11) is 1.84. The Hall–Kier alpha value is -1.67. The quantitative estimate of drug-likeness (QED) is 0.529. The Bertz CT molecular complexity index is 587. The molecule has 3 heterocycles. The summed E-state index contributed by atoms with van der Waals surface area (Å²) < 4.78 is 0. The summed E-state index contributed by atoms with van der Waals surface area (Å²) in [4.78, 5) is 36.5. The molecular formula is C20H36N4O4. The molecule has 1 aliphatic carbocycles. The van der Waals surface area contributed by atoms with Crippen LogP contribution >= 0.6 is 0 Å². The molecule has 3 amide bonds. The third-order valence-electron chi connectivity index (χ3n) is 5.91. The Balaban J connectivity index is 0.000000200. The van der Waals surface area contributed by atoms with Crippen LogP contribution in [0, 0.1) is 17.8 Å². The number of nitrogens with one attached hydrogen (secondary N) is 3. The molecule has 0 aromatic carbocycles. The van der Waals surface area contributed by atoms with Crippen LogP contribution in [0.25, 0.3) is 0 Å². The zero-order valence-corrected chi connectivity index (χ0v) is 17.7. The maximum atomic E-state index is 11.6. The van der Waals surface area contributed by atoms with Crippen molar-refractivity contribution in [3.05, 3.63) is 0 Å². The number of carbonyl (C=O) groups is 3. The van der Waals surface area contributed by atoms with Crippen molar-refractivity contribution in [3.63, 3.8) is 0 Å². The van der Waals surface area contributed by atoms with E-state index in [0.717, 1.165) is 32.4 Å². The molecule has 28 heavy (non-hydrogen) atoms. The molecule has 4 aliphatic rings. The number of aliphatic hydroxyl groups excluding tert-OH is 1. The van der Waals surface area contributed by atoms with Gasteiger partial charge in [-0.3, -0.25) is 14.4 Å². The average Bonchev–Trinajstić information content (AvgIpc) is 2.62. The molecule has 8 heteroatoms. The van der Waals surface area contributed by atoms with Gasteiger partial charge in [0.05, 0.1) is 6.10 Å². The summed E-state index contributed by atoms with van der Waals surface area (Å²) >= 11 is 0. The van der Waals surface area contributed by atoms with E-state index in [9.17, 15) is 19.5 Å². The molecule has 3 saturated heterocycles. The zero-order chi connectivity index (χ0) is 21.1. The normalized spacial score (nSPS) is 31.5. The second kappa shape index (κ2) is 9.22. The molecule has 2 unspecified atom stereocenters. The second-order valence-electron chi connectivity index (χ2n) is 8.90. The number of carbonyl (C=O) groups excluding carboxylic acids is 3. The van der Waals surface area contributed by atoms with Crippen LogP contribution in [-0.2, 0) is 14.4 Å². The number of hydrogen-bond acceptors (Lipinski definition) is 5. The minimum Gasteiger partial charge on any atom is -0.390 e. The maximum absolute atomic E-state index is 11.6. The molecule has 1 saturated carbocycles. The van der Waals surface area contributed by atoms with E-state index in [1.54, 1.807) is 4.90 Å². The molecule has 4 N–H and O–H groups in total. The molecule has 4 fully saturated rings. The SMILES string of the molecule is CC(C)C(=O)NC12CC(CNC1=O)C2.CNC1CCN(C(=O)C(C)C)CC1O. The van der Waals surface area contributed by atoms with Crippen molar-refractivity contribution in [1.82, 2.24) is 20.9 Å². The van der Waals surface area contributed by atoms with Crippen LogP contribution in [0.5, 0.6) is 0 Å². The number of likely N-dealkylation sites (tertiary alicyclic amines) is 1. The van der Waals surface area contributed by atoms with Gasteiger partial charge in [-0.05, 0) is 32.2 Å². The smallest absolute Gasteiger partial charge is 0.245 e. The fraction of sp³-hybridized carbons (Fsp3) is 0.850. The molecule has 4 rings (SSSR count). The maximum Gasteiger partial charge on any atom is 0.245 e. The molecule has 2 bridgehead atoms. The molecule has 0 radical (unpaired) electrons. The van der Waals surface area contributed by atoms with Crippen molar-refractivity contribution in [3.8, 4) is 0 Å². The summed E-state index contributed by atoms with van der Waals surface area (Å²) in [6.07, 6.45) is 2.03. The zero-order valence-electron chi connectivity index (χ0n) is 17.7. The molecule has 8 nitrogen and oxygen atoms in total. The molecule has 0 aromatic rings. The predicted molar refractivity (Wildman–Crippen MR) is 106 cm³/mol. The second-order valence-corrected chi connectivity index (χ2v) is 8.90. The average molecular weight is 397 g/mol. The summed E-state index contributed by atoms with van der Waals surface area (Å²) in [5, 5.41) is 18.4. The standard InChI is InChI=1S/C10H16N2O2.C10H20N2O2/c1-6(2)8(13)12-10-3-7(4-10)5-11-9(10)14;1-7(2)10(14)12-5-4-8(11-3)9(13)6-12/h6-7H,3-5H2,1-2H3,(H,11,14)(H,12,13);7-9,11,13H,4-6H2,1-3H3. The summed E-state index contributed by atoms with van der Waals surface area (Å²) in [5.41, 5.74) is -0.565. The van der Waals surface area contributed by atoms with Crippen molar-refractivity contribution in [2.45, 2.75) is 64.6 Å². The number of piperidine rings is 3. The van der Waals surface area contributed by atoms with Crippen molar-refractivity contribution < 1.29 is 19.5 Å². The number of β-amino-alcohol motifs (C(OH)–C–C–N with tert-alkyl or cyclic N) is 1. The highest BCUT2D eigenvalue weighted by molar-refractivity contribution is 5.94. The number of amides is 3. The van der Waals surface area contributed by atoms with Gasteiger partial charge in [-0.1, -0.05) is 27.7 Å². The number of aliphatic hydroxyl groups is 1. The van der Waals surface area contributed by atoms with Crippen LogP contribution in [0.3, 0.4) is 0 Å². The van der Waals surface area contributed by atoms with Crippen LogP contribution in [-0.4, -0.2) is 72.1 Å². The van der Waals surface area contributed by atoms with E-state index in [1.807, 2.05) is 34.7 Å². The molecule has 0 aromatic heterocycles. The summed E-state index contributed by atoms with van der Waals surface area (Å²) in [5.74, 6) is 0.639. The first-order chi connectivity index (χ1) is 13.1. The van der Waals surface area contributed by atoms with E-state index in [-0.39, 0.29) is 35.6 Å². The third kappa shape index (κ3) is 5.03. The lowest BCUT2D eigenvalue weighted by molar-refractivity contribution is -0.145. The van der Waals surface area contributed by atoms with Crippen molar-refractivity contribution in [2.75, 3.05) is 26.7 Å². The van der Waals surface area contributed by atoms with Crippen molar-refractivity contribution in [2.24, 2.45) is 17.8 Å². The van der Waals surface area contributed by atoms with E-state index in [1.165, 1.54) is 0 Å². The lowest BCUT2D eigenvalue weighted by atomic mass is 9.64. The first-order valence-electron chi connectivity index (χ1n) is 10.3. The van der Waals surface area contributed by atoms with E-state index >= 15 is 0 Å². The van der Waals surface area contributed by atoms with Gasteiger partial charge in [-0.2, -0.15) is 0 Å². The van der Waals surface area contributed by atoms with Crippen molar-refractivity contribution in [1.29, 1.82) is 0 Å². The lowest BCUT2D eigenvalue weighted by Gasteiger charge is -2.51. The molecular weight excluding hydrogens is 360 g/mol. The van der Waals surface area contributed by atoms with Gasteiger partial charge in [-0.15, -0.1) is 0 Å². The largest absolute Gasteiger partial charge is 0.390 e. The molecule has 3 aliphatic heterocycles. The van der Waals surface area contributed by atoms with Gasteiger partial charge in [0, 0.05) is 37.5 Å². The monoisotopic (exact) mass is 396 g/mol. The van der Waals surface area contributed by atoms with E-state index < -0.39 is 11.6 Å². The van der Waals surface area contributed by atoms with Gasteiger partial charge >= 0.3 is 0 Å². The van der Waals surface area contributed by atoms with Crippen LogP contribution in [0.1, 0.15) is 47.0 Å². The Morgan fingerprint density at radius 3 is 2.32 bits per heavy atom. The van der Waals surface area contributed by atoms with Gasteiger partial charge in [0.2, 0.25) is 17.7 Å². The fourth-order valence-corrected chi connectivity index (χ4v) is 4.03. The van der Waals surface area contributed by atoms with Gasteiger partial charge in [0.1, 0.15) is 5.54 Å². The highest BCUT2D eigenvalue weighted by atomic mass is 16.3. The third-order valence-corrected chi connectivity index (χ3v) is 5.91. The molecule has 0 spiro atoms. The van der Waals surface area contributed by atoms with E-state index in [4.69, 9.17) is 0 Å². The Morgan fingerprint density at radius 1 is 1.21 bits per heavy atom. The fourth-order valence-electron chi connectivity index (χ4n) is 4.03. The van der Waals surface area contributed by atoms with Crippen LogP contribution in [0.15, 0.2) is 0 Å². The van der Waals surface area contributed by atoms with Crippen LogP contribution < -0.4 is 16.0 Å². The highest BCUT2D eigenvalue weighted by Crippen LogP contribution is 2.41. The Kier molecular flexibility index (Phi) is 7.45. The first kappa shape index (κ1) is 22.6. The number of likely N-dealkylation sites (N-methyl/N-ethyl adjacent to an activating group) is 1. The number of nitrogens with zero attached hydrogens (tertiary/aromatic N) is 1. The first-order valence-corrected chi connectivity index (χ1v) is 10.3. The predicted octanol–water partition coefficient (Wildman–Crippen LogP) is -0.139. The van der Waals surface area contributed by atoms with Gasteiger partial charge < -0.3 is 26.0 Å². The lowest BCUT2D eigenvalue weighted by Crippen LogP contribution is -2.71. The number of fused-ring (bicyclic) bond motifs is 2. The molecule has 2 atom stereocenters. The van der Waals surface area contributed by atoms with Crippen LogP contribution in [0.2, 0.25) is 0 Å². The number of hydrogen-bond donors (Lipinski definition) is 4. The number of rotatable bonds is 4. The molecule has 160 valence electrons. The van der Waals surface area contributed by atoms with E-state index in [2.05, 4.69) is 16.0 Å². The Labute approximate surface area is 167 Å². The highest BCUT2D eigenvalue weighted by Gasteiger charge is 2.54. The van der Waals surface area contributed by atoms with Gasteiger partial charge in [0.25, 0.3) is 0 Å². The van der Waals surface area contributed by atoms with Crippen LogP contribution in [0.4, 0.5) is 0 Å². The summed E-state index contributed by atoms with van der Waals surface area (Å²) in [6.45, 7) is 9.43. The Morgan fingerprint density at radius 2 is 1.86 bits per heavy atom. The van der Waals surface area contributed by atoms with Crippen molar-refractivity contribution >= 4 is 17.7 Å².